The third-order valence-electron chi connectivity index (χ3n) is 3.99. The molecule has 1 fully saturated rings. The van der Waals surface area contributed by atoms with Gasteiger partial charge in [0.15, 0.2) is 0 Å². The van der Waals surface area contributed by atoms with E-state index in [2.05, 4.69) is 35.1 Å². The van der Waals surface area contributed by atoms with Gasteiger partial charge in [-0.1, -0.05) is 13.0 Å². The van der Waals surface area contributed by atoms with Gasteiger partial charge in [-0.2, -0.15) is 0 Å². The summed E-state index contributed by atoms with van der Waals surface area (Å²) in [5.74, 6) is 0.748. The van der Waals surface area contributed by atoms with Gasteiger partial charge in [-0.25, -0.2) is 4.98 Å². The van der Waals surface area contributed by atoms with E-state index in [1.807, 2.05) is 6.07 Å². The van der Waals surface area contributed by atoms with Crippen molar-refractivity contribution in [2.45, 2.75) is 38.8 Å². The molecule has 0 aromatic carbocycles. The molecule has 0 radical (unpaired) electrons. The van der Waals surface area contributed by atoms with Crippen molar-refractivity contribution < 1.29 is 4.74 Å². The lowest BCUT2D eigenvalue weighted by molar-refractivity contribution is 0.206. The molecule has 0 bridgehead atoms. The quantitative estimate of drug-likeness (QED) is 0.902. The highest BCUT2D eigenvalue weighted by atomic mass is 16.5. The standard InChI is InChI=1S/C15H25N3O/c1-4-15(2)12-18(10-6-9-17-15)11-13-7-5-8-16-14(13)19-3/h5,7-8,17H,4,6,9-12H2,1-3H3. The minimum atomic E-state index is 0.214. The second-order valence-corrected chi connectivity index (χ2v) is 5.58. The van der Waals surface area contributed by atoms with E-state index in [0.717, 1.165) is 38.5 Å². The predicted octanol–water partition coefficient (Wildman–Crippen LogP) is 2.05. The maximum absolute atomic E-state index is 5.34. The van der Waals surface area contributed by atoms with Crippen LogP contribution in [0.5, 0.6) is 5.88 Å². The highest BCUT2D eigenvalue weighted by Gasteiger charge is 2.27. The Balaban J connectivity index is 2.08. The van der Waals surface area contributed by atoms with Gasteiger partial charge in [-0.05, 0) is 38.9 Å². The van der Waals surface area contributed by atoms with Crippen LogP contribution in [0.3, 0.4) is 0 Å². The zero-order chi connectivity index (χ0) is 13.7. The fourth-order valence-electron chi connectivity index (χ4n) is 2.66. The molecule has 1 saturated heterocycles. The second kappa shape index (κ2) is 6.35. The first-order chi connectivity index (χ1) is 9.17. The van der Waals surface area contributed by atoms with Crippen LogP contribution in [0.2, 0.25) is 0 Å². The van der Waals surface area contributed by atoms with Gasteiger partial charge >= 0.3 is 0 Å². The lowest BCUT2D eigenvalue weighted by Gasteiger charge is -2.32. The average molecular weight is 263 g/mol. The van der Waals surface area contributed by atoms with Crippen molar-refractivity contribution in [2.75, 3.05) is 26.7 Å². The minimum Gasteiger partial charge on any atom is -0.481 e. The zero-order valence-electron chi connectivity index (χ0n) is 12.3. The Morgan fingerprint density at radius 2 is 2.37 bits per heavy atom. The molecule has 1 unspecified atom stereocenters. The van der Waals surface area contributed by atoms with Gasteiger partial charge in [0.2, 0.25) is 5.88 Å². The molecule has 2 heterocycles. The molecule has 0 spiro atoms. The van der Waals surface area contributed by atoms with E-state index in [4.69, 9.17) is 4.74 Å². The zero-order valence-corrected chi connectivity index (χ0v) is 12.3. The predicted molar refractivity (Wildman–Crippen MR) is 77.4 cm³/mol. The van der Waals surface area contributed by atoms with Crippen molar-refractivity contribution in [1.82, 2.24) is 15.2 Å². The summed E-state index contributed by atoms with van der Waals surface area (Å²) in [7, 11) is 1.69. The molecular weight excluding hydrogens is 238 g/mol. The molecule has 0 amide bonds. The molecule has 4 nitrogen and oxygen atoms in total. The van der Waals surface area contributed by atoms with Crippen molar-refractivity contribution in [3.63, 3.8) is 0 Å². The molecule has 0 aliphatic carbocycles. The fourth-order valence-corrected chi connectivity index (χ4v) is 2.66. The number of rotatable bonds is 4. The molecule has 0 saturated carbocycles. The van der Waals surface area contributed by atoms with E-state index in [1.54, 1.807) is 13.3 Å². The highest BCUT2D eigenvalue weighted by Crippen LogP contribution is 2.20. The number of pyridine rings is 1. The smallest absolute Gasteiger partial charge is 0.217 e. The van der Waals surface area contributed by atoms with Gasteiger partial charge in [-0.3, -0.25) is 4.90 Å². The summed E-state index contributed by atoms with van der Waals surface area (Å²) in [5.41, 5.74) is 1.39. The Hall–Kier alpha value is -1.13. The Bertz CT molecular complexity index is 410. The number of hydrogen-bond acceptors (Lipinski definition) is 4. The van der Waals surface area contributed by atoms with E-state index in [1.165, 1.54) is 12.0 Å². The first-order valence-corrected chi connectivity index (χ1v) is 7.12. The van der Waals surface area contributed by atoms with Gasteiger partial charge in [0.1, 0.15) is 0 Å². The molecule has 106 valence electrons. The van der Waals surface area contributed by atoms with Gasteiger partial charge in [0.05, 0.1) is 7.11 Å². The number of nitrogens with zero attached hydrogens (tertiary/aromatic N) is 2. The van der Waals surface area contributed by atoms with E-state index < -0.39 is 0 Å². The normalized spacial score (nSPS) is 25.0. The Morgan fingerprint density at radius 1 is 1.53 bits per heavy atom. The van der Waals surface area contributed by atoms with Crippen LogP contribution in [0.15, 0.2) is 18.3 Å². The summed E-state index contributed by atoms with van der Waals surface area (Å²) < 4.78 is 5.34. The summed E-state index contributed by atoms with van der Waals surface area (Å²) in [6.07, 6.45) is 4.12. The number of ether oxygens (including phenoxy) is 1. The van der Waals surface area contributed by atoms with Crippen molar-refractivity contribution >= 4 is 0 Å². The maximum atomic E-state index is 5.34. The molecule has 1 N–H and O–H groups in total. The summed E-state index contributed by atoms with van der Waals surface area (Å²) >= 11 is 0. The van der Waals surface area contributed by atoms with Crippen LogP contribution in [-0.2, 0) is 6.54 Å². The van der Waals surface area contributed by atoms with E-state index in [-0.39, 0.29) is 5.54 Å². The van der Waals surface area contributed by atoms with Crippen LogP contribution in [0, 0.1) is 0 Å². The minimum absolute atomic E-state index is 0.214. The molecule has 1 aromatic rings. The SMILES string of the molecule is CCC1(C)CN(Cc2cccnc2OC)CCCN1. The molecule has 19 heavy (non-hydrogen) atoms. The number of hydrogen-bond donors (Lipinski definition) is 1. The Morgan fingerprint density at radius 3 is 3.11 bits per heavy atom. The second-order valence-electron chi connectivity index (χ2n) is 5.58. The number of nitrogens with one attached hydrogen (secondary N) is 1. The van der Waals surface area contributed by atoms with E-state index in [0.29, 0.717) is 0 Å². The largest absolute Gasteiger partial charge is 0.481 e. The van der Waals surface area contributed by atoms with Crippen molar-refractivity contribution in [3.8, 4) is 5.88 Å². The molecule has 2 rings (SSSR count). The van der Waals surface area contributed by atoms with Gasteiger partial charge in [0.25, 0.3) is 0 Å². The number of aromatic nitrogens is 1. The number of methoxy groups -OCH3 is 1. The maximum Gasteiger partial charge on any atom is 0.217 e. The Labute approximate surface area is 116 Å². The van der Waals surface area contributed by atoms with E-state index in [9.17, 15) is 0 Å². The first-order valence-electron chi connectivity index (χ1n) is 7.12. The van der Waals surface area contributed by atoms with Crippen molar-refractivity contribution in [3.05, 3.63) is 23.9 Å². The average Bonchev–Trinajstić information content (AvgIpc) is 2.62. The third kappa shape index (κ3) is 3.67. The summed E-state index contributed by atoms with van der Waals surface area (Å²) in [6, 6.07) is 4.08. The highest BCUT2D eigenvalue weighted by molar-refractivity contribution is 5.25. The van der Waals surface area contributed by atoms with Crippen LogP contribution in [-0.4, -0.2) is 42.2 Å². The van der Waals surface area contributed by atoms with Gasteiger partial charge < -0.3 is 10.1 Å². The van der Waals surface area contributed by atoms with Crippen molar-refractivity contribution in [1.29, 1.82) is 0 Å². The summed E-state index contributed by atoms with van der Waals surface area (Å²) in [4.78, 5) is 6.78. The summed E-state index contributed by atoms with van der Waals surface area (Å²) in [6.45, 7) is 8.77. The van der Waals surface area contributed by atoms with Gasteiger partial charge in [-0.15, -0.1) is 0 Å². The molecule has 1 atom stereocenters. The van der Waals surface area contributed by atoms with Crippen LogP contribution >= 0.6 is 0 Å². The van der Waals surface area contributed by atoms with Crippen LogP contribution < -0.4 is 10.1 Å². The molecule has 4 heteroatoms. The summed E-state index contributed by atoms with van der Waals surface area (Å²) in [5, 5.41) is 3.66. The Kier molecular flexibility index (Phi) is 4.77. The van der Waals surface area contributed by atoms with Crippen LogP contribution in [0.1, 0.15) is 32.3 Å². The van der Waals surface area contributed by atoms with Gasteiger partial charge in [0, 0.05) is 30.4 Å². The van der Waals surface area contributed by atoms with Crippen LogP contribution in [0.4, 0.5) is 0 Å². The third-order valence-corrected chi connectivity index (χ3v) is 3.99. The fraction of sp³-hybridized carbons (Fsp3) is 0.667. The molecule has 1 aliphatic rings. The van der Waals surface area contributed by atoms with Crippen molar-refractivity contribution in [2.24, 2.45) is 0 Å². The lowest BCUT2D eigenvalue weighted by Crippen LogP contribution is -2.48. The molecule has 1 aliphatic heterocycles. The van der Waals surface area contributed by atoms with Crippen LogP contribution in [0.25, 0.3) is 0 Å². The molecule has 1 aromatic heterocycles. The first kappa shape index (κ1) is 14.3. The van der Waals surface area contributed by atoms with E-state index >= 15 is 0 Å². The topological polar surface area (TPSA) is 37.4 Å². The molecular formula is C15H25N3O. The monoisotopic (exact) mass is 263 g/mol. The lowest BCUT2D eigenvalue weighted by atomic mass is 9.98.